The summed E-state index contributed by atoms with van der Waals surface area (Å²) in [6.07, 6.45) is 1.62. The Morgan fingerprint density at radius 1 is 1.04 bits per heavy atom. The molecule has 3 rings (SSSR count). The Balaban J connectivity index is 1.45. The fourth-order valence-corrected chi connectivity index (χ4v) is 2.34. The average Bonchev–Trinajstić information content (AvgIpc) is 2.68. The van der Waals surface area contributed by atoms with Crippen LogP contribution in [0, 0.1) is 12.7 Å². The van der Waals surface area contributed by atoms with Crippen LogP contribution in [0.2, 0.25) is 0 Å². The molecule has 138 valence electrons. The van der Waals surface area contributed by atoms with Crippen LogP contribution in [0.5, 0.6) is 5.75 Å². The maximum Gasteiger partial charge on any atom is 0.263 e. The smallest absolute Gasteiger partial charge is 0.263 e. The van der Waals surface area contributed by atoms with Crippen LogP contribution in [0.15, 0.2) is 66.9 Å². The van der Waals surface area contributed by atoms with Gasteiger partial charge in [-0.3, -0.25) is 4.79 Å². The molecule has 0 aliphatic heterocycles. The summed E-state index contributed by atoms with van der Waals surface area (Å²) in [5.74, 6) is 0.547. The molecule has 2 N–H and O–H groups in total. The number of nitrogens with one attached hydrogen (secondary N) is 2. The molecule has 0 atom stereocenters. The number of rotatable bonds is 7. The summed E-state index contributed by atoms with van der Waals surface area (Å²) in [5.41, 5.74) is 2.89. The third kappa shape index (κ3) is 5.81. The van der Waals surface area contributed by atoms with E-state index in [0.29, 0.717) is 18.1 Å². The van der Waals surface area contributed by atoms with E-state index >= 15 is 0 Å². The molecule has 1 aromatic heterocycles. The van der Waals surface area contributed by atoms with E-state index in [9.17, 15) is 9.18 Å². The molecule has 0 bridgehead atoms. The number of halogens is 1. The quantitative estimate of drug-likeness (QED) is 0.660. The SMILES string of the molecule is Cc1ccc(OCC(=O)Nc2ccc(NCc3ccc(F)cc3)cn2)cc1. The van der Waals surface area contributed by atoms with Gasteiger partial charge in [0.2, 0.25) is 0 Å². The standard InChI is InChI=1S/C21H20FN3O2/c1-15-2-9-19(10-3-15)27-14-21(26)25-20-11-8-18(13-24-20)23-12-16-4-6-17(22)7-5-16/h2-11,13,23H,12,14H2,1H3,(H,24,25,26). The van der Waals surface area contributed by atoms with Gasteiger partial charge in [-0.15, -0.1) is 0 Å². The van der Waals surface area contributed by atoms with Crippen molar-refractivity contribution in [3.8, 4) is 5.75 Å². The number of benzene rings is 2. The van der Waals surface area contributed by atoms with Gasteiger partial charge in [0, 0.05) is 6.54 Å². The predicted molar refractivity (Wildman–Crippen MR) is 103 cm³/mol. The van der Waals surface area contributed by atoms with E-state index in [1.807, 2.05) is 37.3 Å². The summed E-state index contributed by atoms with van der Waals surface area (Å²) in [7, 11) is 0. The zero-order valence-electron chi connectivity index (χ0n) is 14.9. The number of carbonyl (C=O) groups is 1. The number of amides is 1. The van der Waals surface area contributed by atoms with Crippen molar-refractivity contribution in [2.75, 3.05) is 17.2 Å². The summed E-state index contributed by atoms with van der Waals surface area (Å²) in [6, 6.07) is 17.3. The number of hydrogen-bond acceptors (Lipinski definition) is 4. The normalized spacial score (nSPS) is 10.3. The highest BCUT2D eigenvalue weighted by molar-refractivity contribution is 5.91. The first-order valence-electron chi connectivity index (χ1n) is 8.52. The fraction of sp³-hybridized carbons (Fsp3) is 0.143. The number of anilines is 2. The summed E-state index contributed by atoms with van der Waals surface area (Å²) in [5, 5.41) is 5.88. The van der Waals surface area contributed by atoms with Crippen LogP contribution in [0.4, 0.5) is 15.9 Å². The highest BCUT2D eigenvalue weighted by atomic mass is 19.1. The first-order chi connectivity index (χ1) is 13.1. The largest absolute Gasteiger partial charge is 0.484 e. The lowest BCUT2D eigenvalue weighted by Gasteiger charge is -2.09. The van der Waals surface area contributed by atoms with E-state index in [1.54, 1.807) is 24.4 Å². The third-order valence-electron chi connectivity index (χ3n) is 3.83. The number of carbonyl (C=O) groups excluding carboxylic acids is 1. The zero-order chi connectivity index (χ0) is 19.1. The van der Waals surface area contributed by atoms with Crippen molar-refractivity contribution >= 4 is 17.4 Å². The number of aryl methyl sites for hydroxylation is 1. The molecule has 0 aliphatic carbocycles. The first kappa shape index (κ1) is 18.4. The van der Waals surface area contributed by atoms with E-state index in [2.05, 4.69) is 15.6 Å². The second-order valence-electron chi connectivity index (χ2n) is 6.06. The Kier molecular flexibility index (Phi) is 5.99. The molecule has 0 spiro atoms. The van der Waals surface area contributed by atoms with Crippen LogP contribution in [-0.4, -0.2) is 17.5 Å². The predicted octanol–water partition coefficient (Wildman–Crippen LogP) is 4.16. The van der Waals surface area contributed by atoms with Crippen molar-refractivity contribution in [1.82, 2.24) is 4.98 Å². The van der Waals surface area contributed by atoms with Gasteiger partial charge in [0.1, 0.15) is 17.4 Å². The molecule has 6 heteroatoms. The van der Waals surface area contributed by atoms with Gasteiger partial charge in [0.05, 0.1) is 11.9 Å². The van der Waals surface area contributed by atoms with Crippen LogP contribution < -0.4 is 15.4 Å². The molecule has 3 aromatic rings. The molecule has 1 amide bonds. The van der Waals surface area contributed by atoms with Crippen molar-refractivity contribution in [1.29, 1.82) is 0 Å². The zero-order valence-corrected chi connectivity index (χ0v) is 14.9. The van der Waals surface area contributed by atoms with Crippen molar-refractivity contribution in [3.63, 3.8) is 0 Å². The number of pyridine rings is 1. The Bertz CT molecular complexity index is 879. The number of hydrogen-bond donors (Lipinski definition) is 2. The number of aromatic nitrogens is 1. The van der Waals surface area contributed by atoms with Gasteiger partial charge in [-0.25, -0.2) is 9.37 Å². The lowest BCUT2D eigenvalue weighted by molar-refractivity contribution is -0.118. The van der Waals surface area contributed by atoms with E-state index < -0.39 is 0 Å². The van der Waals surface area contributed by atoms with Crippen molar-refractivity contribution in [2.45, 2.75) is 13.5 Å². The highest BCUT2D eigenvalue weighted by Gasteiger charge is 2.05. The van der Waals surface area contributed by atoms with Crippen molar-refractivity contribution in [3.05, 3.63) is 83.8 Å². The lowest BCUT2D eigenvalue weighted by atomic mass is 10.2. The summed E-state index contributed by atoms with van der Waals surface area (Å²) in [6.45, 7) is 2.45. The molecule has 0 saturated heterocycles. The second kappa shape index (κ2) is 8.80. The summed E-state index contributed by atoms with van der Waals surface area (Å²) >= 11 is 0. The van der Waals surface area contributed by atoms with Gasteiger partial charge in [-0.2, -0.15) is 0 Å². The van der Waals surface area contributed by atoms with E-state index in [1.165, 1.54) is 12.1 Å². The molecule has 5 nitrogen and oxygen atoms in total. The van der Waals surface area contributed by atoms with Crippen molar-refractivity contribution < 1.29 is 13.9 Å². The molecule has 27 heavy (non-hydrogen) atoms. The first-order valence-corrected chi connectivity index (χ1v) is 8.52. The molecular weight excluding hydrogens is 345 g/mol. The van der Waals surface area contributed by atoms with Crippen LogP contribution in [0.1, 0.15) is 11.1 Å². The Morgan fingerprint density at radius 2 is 1.78 bits per heavy atom. The maximum absolute atomic E-state index is 12.9. The van der Waals surface area contributed by atoms with Gasteiger partial charge < -0.3 is 15.4 Å². The van der Waals surface area contributed by atoms with Crippen LogP contribution in [0.25, 0.3) is 0 Å². The van der Waals surface area contributed by atoms with Gasteiger partial charge in [0.15, 0.2) is 6.61 Å². The maximum atomic E-state index is 12.9. The van der Waals surface area contributed by atoms with Gasteiger partial charge in [-0.05, 0) is 48.9 Å². The lowest BCUT2D eigenvalue weighted by Crippen LogP contribution is -2.20. The molecule has 0 aliphatic rings. The minimum Gasteiger partial charge on any atom is -0.484 e. The van der Waals surface area contributed by atoms with Crippen LogP contribution in [0.3, 0.4) is 0 Å². The van der Waals surface area contributed by atoms with Gasteiger partial charge >= 0.3 is 0 Å². The third-order valence-corrected chi connectivity index (χ3v) is 3.83. The van der Waals surface area contributed by atoms with E-state index in [-0.39, 0.29) is 18.3 Å². The molecule has 2 aromatic carbocycles. The Morgan fingerprint density at radius 3 is 2.44 bits per heavy atom. The fourth-order valence-electron chi connectivity index (χ4n) is 2.34. The highest BCUT2D eigenvalue weighted by Crippen LogP contribution is 2.13. The molecule has 1 heterocycles. The van der Waals surface area contributed by atoms with E-state index in [4.69, 9.17) is 4.74 Å². The van der Waals surface area contributed by atoms with Crippen LogP contribution >= 0.6 is 0 Å². The Labute approximate surface area is 157 Å². The Hall–Kier alpha value is -3.41. The molecule has 0 saturated carbocycles. The van der Waals surface area contributed by atoms with E-state index in [0.717, 1.165) is 16.8 Å². The molecule has 0 fully saturated rings. The number of ether oxygens (including phenoxy) is 1. The minimum atomic E-state index is -0.282. The summed E-state index contributed by atoms with van der Waals surface area (Å²) in [4.78, 5) is 16.2. The van der Waals surface area contributed by atoms with Gasteiger partial charge in [-0.1, -0.05) is 29.8 Å². The minimum absolute atomic E-state index is 0.0880. The monoisotopic (exact) mass is 365 g/mol. The van der Waals surface area contributed by atoms with Gasteiger partial charge in [0.25, 0.3) is 5.91 Å². The topological polar surface area (TPSA) is 63.2 Å². The summed E-state index contributed by atoms with van der Waals surface area (Å²) < 4.78 is 18.3. The average molecular weight is 365 g/mol. The van der Waals surface area contributed by atoms with Crippen LogP contribution in [-0.2, 0) is 11.3 Å². The second-order valence-corrected chi connectivity index (χ2v) is 6.06. The molecular formula is C21H20FN3O2. The number of nitrogens with zero attached hydrogens (tertiary/aromatic N) is 1. The molecule has 0 radical (unpaired) electrons. The van der Waals surface area contributed by atoms with Crippen molar-refractivity contribution in [2.24, 2.45) is 0 Å². The molecule has 0 unspecified atom stereocenters.